The Balaban J connectivity index is 0.000000166. The number of amides is 1. The van der Waals surface area contributed by atoms with Crippen molar-refractivity contribution < 1.29 is 14.3 Å². The van der Waals surface area contributed by atoms with E-state index in [4.69, 9.17) is 29.4 Å². The van der Waals surface area contributed by atoms with Crippen molar-refractivity contribution in [2.45, 2.75) is 88.6 Å². The SMILES string of the molecule is C=CC(=O)N1CCN(c2nc(OC[C@@H]3CCCN3C)nc3c2CCN(c2cncc4ccccc24)C3)CC1CC#N.CN1CCC[C@H]1COc1nc2c(c(N3CCNC(CC#N)C3)n1)CCN(c1cncc3ccccc13)C2. The molecule has 0 saturated carbocycles. The number of hydrogen-bond donors (Lipinski definition) is 1. The van der Waals surface area contributed by atoms with Gasteiger partial charge in [-0.3, -0.25) is 14.8 Å². The number of fused-ring (bicyclic) bond motifs is 4. The first-order valence-electron chi connectivity index (χ1n) is 27.8. The maximum absolute atomic E-state index is 12.5. The zero-order chi connectivity index (χ0) is 53.5. The summed E-state index contributed by atoms with van der Waals surface area (Å²) in [6.07, 6.45) is 16.0. The number of hydrogen-bond acceptors (Lipinski definition) is 18. The number of likely N-dealkylation sites (tertiary alicyclic amines) is 2. The summed E-state index contributed by atoms with van der Waals surface area (Å²) in [6, 6.07) is 22.8. The van der Waals surface area contributed by atoms with E-state index in [0.717, 1.165) is 122 Å². The van der Waals surface area contributed by atoms with Crippen molar-refractivity contribution in [1.82, 2.24) is 49.9 Å². The Labute approximate surface area is 457 Å². The molecular weight excluding hydrogens is 981 g/mol. The summed E-state index contributed by atoms with van der Waals surface area (Å²) in [6.45, 7) is 14.1. The first-order valence-corrected chi connectivity index (χ1v) is 27.8. The topological polar surface area (TPSA) is 195 Å². The summed E-state index contributed by atoms with van der Waals surface area (Å²) in [4.78, 5) is 57.1. The molecule has 4 aromatic heterocycles. The van der Waals surface area contributed by atoms with Gasteiger partial charge in [-0.1, -0.05) is 55.1 Å². The number of nitrogens with zero attached hydrogens (tertiary/aromatic N) is 15. The first kappa shape index (κ1) is 52.3. The van der Waals surface area contributed by atoms with E-state index in [0.29, 0.717) is 76.5 Å². The van der Waals surface area contributed by atoms with Crippen LogP contribution >= 0.6 is 0 Å². The van der Waals surface area contributed by atoms with Crippen LogP contribution in [0.2, 0.25) is 0 Å². The van der Waals surface area contributed by atoms with Crippen molar-refractivity contribution in [2.75, 3.05) is 112 Å². The number of anilines is 4. The molecule has 0 radical (unpaired) electrons. The summed E-state index contributed by atoms with van der Waals surface area (Å²) in [7, 11) is 4.29. The molecule has 12 rings (SSSR count). The lowest BCUT2D eigenvalue weighted by molar-refractivity contribution is -0.128. The van der Waals surface area contributed by atoms with Gasteiger partial charge in [0.15, 0.2) is 0 Å². The molecule has 4 fully saturated rings. The number of carbonyl (C=O) groups is 1. The predicted molar refractivity (Wildman–Crippen MR) is 302 cm³/mol. The summed E-state index contributed by atoms with van der Waals surface area (Å²) >= 11 is 0. The highest BCUT2D eigenvalue weighted by atomic mass is 16.5. The smallest absolute Gasteiger partial charge is 0.318 e. The van der Waals surface area contributed by atoms with E-state index in [-0.39, 0.29) is 24.4 Å². The van der Waals surface area contributed by atoms with E-state index in [1.165, 1.54) is 35.3 Å². The van der Waals surface area contributed by atoms with Gasteiger partial charge in [0.25, 0.3) is 0 Å². The highest BCUT2D eigenvalue weighted by Gasteiger charge is 2.35. The van der Waals surface area contributed by atoms with Crippen LogP contribution < -0.4 is 34.4 Å². The van der Waals surface area contributed by atoms with Crippen molar-refractivity contribution in [1.29, 1.82) is 10.5 Å². The average Bonchev–Trinajstić information content (AvgIpc) is 4.19. The number of piperazine rings is 2. The first-order chi connectivity index (χ1) is 38.2. The molecule has 0 spiro atoms. The van der Waals surface area contributed by atoms with Crippen LogP contribution in [-0.4, -0.2) is 167 Å². The van der Waals surface area contributed by atoms with E-state index in [9.17, 15) is 15.3 Å². The van der Waals surface area contributed by atoms with Crippen molar-refractivity contribution >= 4 is 50.5 Å². The third-order valence-electron chi connectivity index (χ3n) is 16.6. The second-order valence-electron chi connectivity index (χ2n) is 21.4. The largest absolute Gasteiger partial charge is 0.462 e. The molecule has 404 valence electrons. The van der Waals surface area contributed by atoms with Crippen LogP contribution in [0.3, 0.4) is 0 Å². The molecular formula is C59H70N16O3. The molecule has 19 nitrogen and oxygen atoms in total. The lowest BCUT2D eigenvalue weighted by Gasteiger charge is -2.42. The molecule has 4 saturated heterocycles. The Kier molecular flexibility index (Phi) is 16.0. The Bertz CT molecular complexity index is 3210. The summed E-state index contributed by atoms with van der Waals surface area (Å²) in [5.41, 5.74) is 6.51. The molecule has 10 heterocycles. The average molecular weight is 1050 g/mol. The minimum Gasteiger partial charge on any atom is -0.462 e. The van der Waals surface area contributed by atoms with Gasteiger partial charge in [-0.15, -0.1) is 0 Å². The lowest BCUT2D eigenvalue weighted by atomic mass is 10.0. The molecule has 1 amide bonds. The van der Waals surface area contributed by atoms with Gasteiger partial charge in [-0.05, 0) is 71.8 Å². The highest BCUT2D eigenvalue weighted by molar-refractivity contribution is 5.94. The Morgan fingerprint density at radius 2 is 1.19 bits per heavy atom. The lowest BCUT2D eigenvalue weighted by Crippen LogP contribution is -2.55. The monoisotopic (exact) mass is 1050 g/mol. The minimum absolute atomic E-state index is 0.140. The number of ether oxygens (including phenoxy) is 2. The van der Waals surface area contributed by atoms with E-state index < -0.39 is 0 Å². The molecule has 2 unspecified atom stereocenters. The molecule has 6 aliphatic rings. The van der Waals surface area contributed by atoms with Gasteiger partial charge in [0.05, 0.1) is 79.3 Å². The quantitative estimate of drug-likeness (QED) is 0.134. The van der Waals surface area contributed by atoms with Crippen molar-refractivity contribution in [3.05, 3.63) is 108 Å². The molecule has 6 aromatic rings. The van der Waals surface area contributed by atoms with Crippen molar-refractivity contribution in [3.63, 3.8) is 0 Å². The number of benzene rings is 2. The molecule has 1 N–H and O–H groups in total. The fourth-order valence-corrected chi connectivity index (χ4v) is 12.3. The predicted octanol–water partition coefficient (Wildman–Crippen LogP) is 5.93. The number of aromatic nitrogens is 6. The van der Waals surface area contributed by atoms with Gasteiger partial charge < -0.3 is 49.1 Å². The normalized spacial score (nSPS) is 21.6. The van der Waals surface area contributed by atoms with Crippen LogP contribution in [-0.2, 0) is 30.7 Å². The van der Waals surface area contributed by atoms with Gasteiger partial charge in [-0.25, -0.2) is 0 Å². The van der Waals surface area contributed by atoms with E-state index in [2.05, 4.69) is 120 Å². The van der Waals surface area contributed by atoms with E-state index in [1.807, 2.05) is 30.9 Å². The van der Waals surface area contributed by atoms with Gasteiger partial charge in [0.2, 0.25) is 5.91 Å². The zero-order valence-corrected chi connectivity index (χ0v) is 45.0. The van der Waals surface area contributed by atoms with Crippen LogP contribution in [0.4, 0.5) is 23.0 Å². The maximum Gasteiger partial charge on any atom is 0.318 e. The number of nitrogens with one attached hydrogen (secondary N) is 1. The van der Waals surface area contributed by atoms with Crippen molar-refractivity contribution in [3.8, 4) is 24.2 Å². The number of pyridine rings is 2. The fraction of sp³-hybridized carbons (Fsp3) is 0.475. The summed E-state index contributed by atoms with van der Waals surface area (Å²) < 4.78 is 12.5. The van der Waals surface area contributed by atoms with Gasteiger partial charge >= 0.3 is 12.0 Å². The molecule has 2 aromatic carbocycles. The standard InChI is InChI=1S/C31H36N8O2.C28H34N8O/c1-3-29(40)39-16-15-38(19-23(39)10-12-32)30-26-11-14-37(28-18-33-17-22-7-4-5-9-25(22)28)20-27(26)34-31(35-30)41-21-24-8-6-13-36(24)2;1-34-12-4-6-22(34)19-37-28-32-25-18-35(26-16-30-15-20-5-2-3-7-23(20)26)13-9-24(25)27(33-28)36-14-11-31-21(17-36)8-10-29/h3-5,7,9,17-18,23-24H,1,6,8,10-11,13-16,19-21H2,2H3;2-3,5,7,15-16,21-22,31H,4,6,8-9,11-14,17-19H2,1H3/t23?,24-;21?,22-/m00/s1. The Morgan fingerprint density at radius 3 is 1.71 bits per heavy atom. The van der Waals surface area contributed by atoms with Gasteiger partial charge in [0.1, 0.15) is 24.8 Å². The van der Waals surface area contributed by atoms with E-state index in [1.54, 1.807) is 4.90 Å². The Hall–Kier alpha value is -7.71. The van der Waals surface area contributed by atoms with Crippen LogP contribution in [0.15, 0.2) is 86.0 Å². The molecule has 6 aliphatic heterocycles. The van der Waals surface area contributed by atoms with Crippen molar-refractivity contribution in [2.24, 2.45) is 0 Å². The van der Waals surface area contributed by atoms with Crippen LogP contribution in [0, 0.1) is 22.7 Å². The molecule has 78 heavy (non-hydrogen) atoms. The Morgan fingerprint density at radius 1 is 0.654 bits per heavy atom. The number of nitriles is 2. The second kappa shape index (κ2) is 23.9. The molecule has 19 heteroatoms. The third kappa shape index (κ3) is 11.3. The summed E-state index contributed by atoms with van der Waals surface area (Å²) in [5, 5.41) is 26.8. The van der Waals surface area contributed by atoms with Gasteiger partial charge in [-0.2, -0.15) is 30.5 Å². The molecule has 4 atom stereocenters. The second-order valence-corrected chi connectivity index (χ2v) is 21.4. The van der Waals surface area contributed by atoms with Crippen LogP contribution in [0.1, 0.15) is 61.0 Å². The van der Waals surface area contributed by atoms with Gasteiger partial charge in [0, 0.05) is 116 Å². The number of rotatable bonds is 13. The van der Waals surface area contributed by atoms with E-state index >= 15 is 0 Å². The number of likely N-dealkylation sites (N-methyl/N-ethyl adjacent to an activating group) is 2. The maximum atomic E-state index is 12.5. The minimum atomic E-state index is -0.233. The highest BCUT2D eigenvalue weighted by Crippen LogP contribution is 2.37. The molecule has 0 aliphatic carbocycles. The fourth-order valence-electron chi connectivity index (χ4n) is 12.3. The molecule has 0 bridgehead atoms. The van der Waals surface area contributed by atoms with Crippen LogP contribution in [0.25, 0.3) is 21.5 Å². The zero-order valence-electron chi connectivity index (χ0n) is 45.0. The third-order valence-corrected chi connectivity index (χ3v) is 16.6. The van der Waals surface area contributed by atoms with Crippen LogP contribution in [0.5, 0.6) is 12.0 Å². The number of carbonyl (C=O) groups excluding carboxylic acids is 1. The summed E-state index contributed by atoms with van der Waals surface area (Å²) in [5.74, 6) is 1.69.